The van der Waals surface area contributed by atoms with E-state index in [0.717, 1.165) is 44.6 Å². The quantitative estimate of drug-likeness (QED) is 0.903. The monoisotopic (exact) mass is 287 g/mol. The second-order valence-electron chi connectivity index (χ2n) is 6.64. The van der Waals surface area contributed by atoms with Crippen LogP contribution in [0, 0.1) is 11.3 Å². The van der Waals surface area contributed by atoms with Gasteiger partial charge in [0.1, 0.15) is 5.78 Å². The number of piperidine rings is 1. The average molecular weight is 287 g/mol. The Labute approximate surface area is 124 Å². The lowest BCUT2D eigenvalue weighted by molar-refractivity contribution is -0.129. The van der Waals surface area contributed by atoms with Crippen LogP contribution in [0.1, 0.15) is 19.3 Å². The molecule has 1 aromatic rings. The third-order valence-electron chi connectivity index (χ3n) is 5.07. The molecule has 1 aromatic heterocycles. The third-order valence-corrected chi connectivity index (χ3v) is 5.07. The molecule has 0 aromatic carbocycles. The maximum absolute atomic E-state index is 12.7. The lowest BCUT2D eigenvalue weighted by atomic mass is 9.76. The van der Waals surface area contributed by atoms with Gasteiger partial charge in [0.2, 0.25) is 5.88 Å². The van der Waals surface area contributed by atoms with E-state index in [1.54, 1.807) is 7.11 Å². The zero-order valence-corrected chi connectivity index (χ0v) is 12.3. The Morgan fingerprint density at radius 2 is 2.33 bits per heavy atom. The largest absolute Gasteiger partial charge is 0.481 e. The molecule has 1 saturated carbocycles. The molecule has 3 heterocycles. The van der Waals surface area contributed by atoms with Gasteiger partial charge in [-0.15, -0.1) is 0 Å². The van der Waals surface area contributed by atoms with E-state index >= 15 is 0 Å². The summed E-state index contributed by atoms with van der Waals surface area (Å²) >= 11 is 0. The summed E-state index contributed by atoms with van der Waals surface area (Å²) in [6.07, 6.45) is 5.03. The van der Waals surface area contributed by atoms with Gasteiger partial charge in [0, 0.05) is 37.7 Å². The zero-order chi connectivity index (χ0) is 14.4. The van der Waals surface area contributed by atoms with Crippen molar-refractivity contribution in [1.29, 1.82) is 0 Å². The number of ketones is 1. The van der Waals surface area contributed by atoms with E-state index in [-0.39, 0.29) is 5.41 Å². The summed E-state index contributed by atoms with van der Waals surface area (Å²) in [7, 11) is 1.62. The number of Topliss-reactive ketones (excluding diaryl/α,β-unsaturated/α-hetero) is 1. The molecule has 2 bridgehead atoms. The Kier molecular flexibility index (Phi) is 2.92. The van der Waals surface area contributed by atoms with Crippen molar-refractivity contribution >= 4 is 11.5 Å². The molecule has 0 spiro atoms. The molecule has 1 N–H and O–H groups in total. The first kappa shape index (κ1) is 13.1. The van der Waals surface area contributed by atoms with Crippen molar-refractivity contribution in [3.63, 3.8) is 0 Å². The number of nitrogens with one attached hydrogen (secondary N) is 1. The van der Waals surface area contributed by atoms with Crippen LogP contribution in [-0.2, 0) is 4.79 Å². The predicted molar refractivity (Wildman–Crippen MR) is 79.6 cm³/mol. The number of hydrogen-bond donors (Lipinski definition) is 1. The van der Waals surface area contributed by atoms with Crippen molar-refractivity contribution in [2.45, 2.75) is 25.3 Å². The lowest BCUT2D eigenvalue weighted by Gasteiger charge is -2.39. The molecule has 2 aliphatic heterocycles. The molecule has 1 aliphatic carbocycles. The zero-order valence-electron chi connectivity index (χ0n) is 12.3. The molecule has 2 unspecified atom stereocenters. The van der Waals surface area contributed by atoms with Crippen LogP contribution in [0.3, 0.4) is 0 Å². The Balaban J connectivity index is 1.58. The Morgan fingerprint density at radius 3 is 3.00 bits per heavy atom. The SMILES string of the molecule is COc1ccc(N2CC3CC(C(=O)C4CC4)(CN3)C2)cn1. The minimum atomic E-state index is -0.177. The molecule has 2 atom stereocenters. The summed E-state index contributed by atoms with van der Waals surface area (Å²) in [5.41, 5.74) is 0.904. The molecule has 3 aliphatic rings. The van der Waals surface area contributed by atoms with E-state index < -0.39 is 0 Å². The number of pyridine rings is 1. The van der Waals surface area contributed by atoms with Gasteiger partial charge in [0.15, 0.2) is 0 Å². The fourth-order valence-corrected chi connectivity index (χ4v) is 3.82. The highest BCUT2D eigenvalue weighted by Gasteiger charge is 2.53. The van der Waals surface area contributed by atoms with Crippen LogP contribution in [0.15, 0.2) is 18.3 Å². The number of rotatable bonds is 4. The molecule has 0 amide bonds. The summed E-state index contributed by atoms with van der Waals surface area (Å²) < 4.78 is 5.11. The second kappa shape index (κ2) is 4.70. The van der Waals surface area contributed by atoms with Gasteiger partial charge < -0.3 is 15.0 Å². The van der Waals surface area contributed by atoms with Crippen LogP contribution in [0.2, 0.25) is 0 Å². The fourth-order valence-electron chi connectivity index (χ4n) is 3.82. The highest BCUT2D eigenvalue weighted by atomic mass is 16.5. The molecule has 2 saturated heterocycles. The average Bonchev–Trinajstić information content (AvgIpc) is 3.32. The Bertz CT molecular complexity index is 555. The number of carbonyl (C=O) groups is 1. The Hall–Kier alpha value is -1.62. The van der Waals surface area contributed by atoms with E-state index in [1.165, 1.54) is 0 Å². The van der Waals surface area contributed by atoms with Crippen molar-refractivity contribution in [2.75, 3.05) is 31.6 Å². The highest BCUT2D eigenvalue weighted by molar-refractivity contribution is 5.90. The normalized spacial score (nSPS) is 31.3. The number of ether oxygens (including phenoxy) is 1. The van der Waals surface area contributed by atoms with Crippen LogP contribution in [0.25, 0.3) is 0 Å². The van der Waals surface area contributed by atoms with Crippen LogP contribution in [0.4, 0.5) is 5.69 Å². The second-order valence-corrected chi connectivity index (χ2v) is 6.64. The van der Waals surface area contributed by atoms with Gasteiger partial charge in [-0.2, -0.15) is 0 Å². The van der Waals surface area contributed by atoms with Crippen molar-refractivity contribution in [3.8, 4) is 5.88 Å². The third kappa shape index (κ3) is 2.20. The number of aromatic nitrogens is 1. The maximum atomic E-state index is 12.7. The molecule has 4 rings (SSSR count). The number of hydrogen-bond acceptors (Lipinski definition) is 5. The van der Waals surface area contributed by atoms with Crippen LogP contribution < -0.4 is 15.0 Å². The van der Waals surface area contributed by atoms with E-state index in [0.29, 0.717) is 23.6 Å². The Morgan fingerprint density at radius 1 is 1.48 bits per heavy atom. The van der Waals surface area contributed by atoms with E-state index in [9.17, 15) is 4.79 Å². The highest BCUT2D eigenvalue weighted by Crippen LogP contribution is 2.44. The van der Waals surface area contributed by atoms with Gasteiger partial charge in [0.25, 0.3) is 0 Å². The van der Waals surface area contributed by atoms with Crippen molar-refractivity contribution in [2.24, 2.45) is 11.3 Å². The number of methoxy groups -OCH3 is 1. The van der Waals surface area contributed by atoms with Crippen LogP contribution in [-0.4, -0.2) is 43.6 Å². The summed E-state index contributed by atoms with van der Waals surface area (Å²) in [6.45, 7) is 2.61. The molecular weight excluding hydrogens is 266 g/mol. The van der Waals surface area contributed by atoms with Gasteiger partial charge >= 0.3 is 0 Å². The van der Waals surface area contributed by atoms with Gasteiger partial charge in [-0.05, 0) is 25.3 Å². The molecule has 112 valence electrons. The molecule has 5 nitrogen and oxygen atoms in total. The van der Waals surface area contributed by atoms with Crippen molar-refractivity contribution in [3.05, 3.63) is 18.3 Å². The molecule has 21 heavy (non-hydrogen) atoms. The smallest absolute Gasteiger partial charge is 0.213 e. The predicted octanol–water partition coefficient (Wildman–Crippen LogP) is 1.24. The molecule has 0 radical (unpaired) electrons. The van der Waals surface area contributed by atoms with Gasteiger partial charge in [-0.1, -0.05) is 0 Å². The standard InChI is InChI=1S/C16H21N3O2/c1-21-14-5-4-13(7-17-14)19-8-12-6-16(10-19,9-18-12)15(20)11-2-3-11/h4-5,7,11-12,18H,2-3,6,8-10H2,1H3. The van der Waals surface area contributed by atoms with E-state index in [1.807, 2.05) is 18.3 Å². The molecule has 3 fully saturated rings. The first-order valence-electron chi connectivity index (χ1n) is 7.73. The number of carbonyl (C=O) groups excluding carboxylic acids is 1. The van der Waals surface area contributed by atoms with Gasteiger partial charge in [-0.3, -0.25) is 4.79 Å². The summed E-state index contributed by atoms with van der Waals surface area (Å²) in [6, 6.07) is 4.34. The number of fused-ring (bicyclic) bond motifs is 2. The van der Waals surface area contributed by atoms with Crippen molar-refractivity contribution < 1.29 is 9.53 Å². The van der Waals surface area contributed by atoms with Gasteiger partial charge in [-0.25, -0.2) is 4.98 Å². The first-order chi connectivity index (χ1) is 10.2. The summed E-state index contributed by atoms with van der Waals surface area (Å²) in [5, 5.41) is 3.54. The lowest BCUT2D eigenvalue weighted by Crippen LogP contribution is -2.50. The fraction of sp³-hybridized carbons (Fsp3) is 0.625. The van der Waals surface area contributed by atoms with E-state index in [4.69, 9.17) is 4.74 Å². The summed E-state index contributed by atoms with van der Waals surface area (Å²) in [4.78, 5) is 19.3. The minimum absolute atomic E-state index is 0.177. The van der Waals surface area contributed by atoms with E-state index in [2.05, 4.69) is 15.2 Å². The van der Waals surface area contributed by atoms with Crippen LogP contribution in [0.5, 0.6) is 5.88 Å². The molecular formula is C16H21N3O2. The number of anilines is 1. The number of nitrogens with zero attached hydrogens (tertiary/aromatic N) is 2. The topological polar surface area (TPSA) is 54.5 Å². The first-order valence-corrected chi connectivity index (χ1v) is 7.73. The van der Waals surface area contributed by atoms with Gasteiger partial charge in [0.05, 0.1) is 24.4 Å². The summed E-state index contributed by atoms with van der Waals surface area (Å²) in [5.74, 6) is 1.45. The van der Waals surface area contributed by atoms with Crippen LogP contribution >= 0.6 is 0 Å². The minimum Gasteiger partial charge on any atom is -0.481 e. The maximum Gasteiger partial charge on any atom is 0.213 e. The molecule has 5 heteroatoms. The van der Waals surface area contributed by atoms with Crippen molar-refractivity contribution in [1.82, 2.24) is 10.3 Å².